The minimum Gasteiger partial charge on any atom is -0.355 e. The summed E-state index contributed by atoms with van der Waals surface area (Å²) >= 11 is 0. The lowest BCUT2D eigenvalue weighted by atomic mass is 9.93. The van der Waals surface area contributed by atoms with E-state index in [0.717, 1.165) is 5.69 Å². The molecule has 0 fully saturated rings. The predicted octanol–water partition coefficient (Wildman–Crippen LogP) is 9.14. The van der Waals surface area contributed by atoms with Gasteiger partial charge in [-0.1, -0.05) is 94.4 Å². The summed E-state index contributed by atoms with van der Waals surface area (Å²) in [6.07, 6.45) is 0. The van der Waals surface area contributed by atoms with Crippen molar-refractivity contribution in [1.29, 1.82) is 0 Å². The summed E-state index contributed by atoms with van der Waals surface area (Å²) in [5.74, 6) is 0.994. The van der Waals surface area contributed by atoms with Gasteiger partial charge in [-0.15, -0.1) is 0 Å². The normalized spacial score (nSPS) is 11.8. The Hall–Kier alpha value is -3.32. The van der Waals surface area contributed by atoms with Crippen LogP contribution in [0, 0.1) is 0 Å². The molecule has 1 nitrogen and oxygen atoms in total. The van der Waals surface area contributed by atoms with Crippen molar-refractivity contribution in [2.75, 3.05) is 5.32 Å². The second kappa shape index (κ2) is 7.74. The monoisotopic (exact) mass is 403 g/mol. The van der Waals surface area contributed by atoms with Gasteiger partial charge in [0.25, 0.3) is 0 Å². The molecular formula is C30H29N. The van der Waals surface area contributed by atoms with Gasteiger partial charge in [-0.05, 0) is 68.1 Å². The van der Waals surface area contributed by atoms with Crippen molar-refractivity contribution in [1.82, 2.24) is 0 Å². The van der Waals surface area contributed by atoms with Gasteiger partial charge < -0.3 is 5.32 Å². The van der Waals surface area contributed by atoms with Crippen LogP contribution in [0.3, 0.4) is 0 Å². The van der Waals surface area contributed by atoms with Gasteiger partial charge in [0.15, 0.2) is 0 Å². The summed E-state index contributed by atoms with van der Waals surface area (Å²) in [6.45, 7) is 9.06. The molecule has 0 heterocycles. The fraction of sp³-hybridized carbons (Fsp3) is 0.200. The van der Waals surface area contributed by atoms with Crippen LogP contribution in [0.15, 0.2) is 84.9 Å². The van der Waals surface area contributed by atoms with Crippen LogP contribution in [0.5, 0.6) is 0 Å². The first-order chi connectivity index (χ1) is 15.0. The summed E-state index contributed by atoms with van der Waals surface area (Å²) in [5, 5.41) is 11.6. The maximum Gasteiger partial charge on any atom is 0.0470 e. The second-order valence-electron chi connectivity index (χ2n) is 9.14. The highest BCUT2D eigenvalue weighted by Gasteiger charge is 2.13. The fourth-order valence-electron chi connectivity index (χ4n) is 4.63. The average molecular weight is 404 g/mol. The van der Waals surface area contributed by atoms with Gasteiger partial charge >= 0.3 is 0 Å². The molecule has 0 bridgehead atoms. The van der Waals surface area contributed by atoms with E-state index < -0.39 is 0 Å². The molecule has 0 unspecified atom stereocenters. The van der Waals surface area contributed by atoms with E-state index in [0.29, 0.717) is 11.8 Å². The highest BCUT2D eigenvalue weighted by molar-refractivity contribution is 6.28. The quantitative estimate of drug-likeness (QED) is 0.295. The Labute approximate surface area is 184 Å². The van der Waals surface area contributed by atoms with Crippen LogP contribution in [-0.2, 0) is 0 Å². The molecule has 5 aromatic carbocycles. The van der Waals surface area contributed by atoms with E-state index in [1.54, 1.807) is 0 Å². The number of hydrogen-bond donors (Lipinski definition) is 1. The van der Waals surface area contributed by atoms with Crippen molar-refractivity contribution < 1.29 is 0 Å². The van der Waals surface area contributed by atoms with Crippen molar-refractivity contribution >= 4 is 43.7 Å². The van der Waals surface area contributed by atoms with Crippen molar-refractivity contribution in [3.05, 3.63) is 96.1 Å². The van der Waals surface area contributed by atoms with Crippen molar-refractivity contribution in [2.45, 2.75) is 39.5 Å². The van der Waals surface area contributed by atoms with Crippen LogP contribution >= 0.6 is 0 Å². The standard InChI is InChI=1S/C30H29N/c1-19(2)21-16-22(20(3)4)18-23(17-21)31-29-15-9-14-28-26-11-6-5-10-24(26)25-12-7-8-13-27(25)30(28)29/h5-20,31H,1-4H3. The van der Waals surface area contributed by atoms with Crippen LogP contribution in [-0.4, -0.2) is 0 Å². The molecule has 0 saturated carbocycles. The van der Waals surface area contributed by atoms with Crippen molar-refractivity contribution in [2.24, 2.45) is 0 Å². The average Bonchev–Trinajstić information content (AvgIpc) is 2.79. The summed E-state index contributed by atoms with van der Waals surface area (Å²) in [7, 11) is 0. The van der Waals surface area contributed by atoms with Gasteiger partial charge in [0.2, 0.25) is 0 Å². The molecule has 0 aliphatic heterocycles. The lowest BCUT2D eigenvalue weighted by Crippen LogP contribution is -1.99. The SMILES string of the molecule is CC(C)c1cc(Nc2cccc3c4ccccc4c4ccccc4c23)cc(C(C)C)c1. The Bertz CT molecular complexity index is 1340. The lowest BCUT2D eigenvalue weighted by Gasteiger charge is -2.18. The number of anilines is 2. The summed E-state index contributed by atoms with van der Waals surface area (Å²) in [4.78, 5) is 0. The summed E-state index contributed by atoms with van der Waals surface area (Å²) in [6, 6.07) is 31.1. The Morgan fingerprint density at radius 3 is 1.48 bits per heavy atom. The zero-order valence-electron chi connectivity index (χ0n) is 18.7. The van der Waals surface area contributed by atoms with Crippen LogP contribution < -0.4 is 5.32 Å². The molecule has 1 heteroatoms. The van der Waals surface area contributed by atoms with E-state index in [1.165, 1.54) is 49.1 Å². The van der Waals surface area contributed by atoms with E-state index >= 15 is 0 Å². The number of fused-ring (bicyclic) bond motifs is 6. The molecule has 154 valence electrons. The third kappa shape index (κ3) is 3.45. The molecule has 0 amide bonds. The highest BCUT2D eigenvalue weighted by Crippen LogP contribution is 2.39. The van der Waals surface area contributed by atoms with Crippen LogP contribution in [0.1, 0.15) is 50.7 Å². The number of nitrogens with one attached hydrogen (secondary N) is 1. The van der Waals surface area contributed by atoms with E-state index in [1.807, 2.05) is 0 Å². The number of hydrogen-bond acceptors (Lipinski definition) is 1. The maximum atomic E-state index is 3.79. The van der Waals surface area contributed by atoms with Gasteiger partial charge in [0, 0.05) is 16.8 Å². The molecule has 5 rings (SSSR count). The molecule has 0 aliphatic rings. The van der Waals surface area contributed by atoms with E-state index in [-0.39, 0.29) is 0 Å². The second-order valence-corrected chi connectivity index (χ2v) is 9.14. The minimum absolute atomic E-state index is 0.497. The molecule has 31 heavy (non-hydrogen) atoms. The van der Waals surface area contributed by atoms with Crippen LogP contribution in [0.4, 0.5) is 11.4 Å². The number of benzene rings is 5. The molecular weight excluding hydrogens is 374 g/mol. The Balaban J connectivity index is 1.78. The van der Waals surface area contributed by atoms with Gasteiger partial charge in [0.1, 0.15) is 0 Å². The first-order valence-corrected chi connectivity index (χ1v) is 11.3. The smallest absolute Gasteiger partial charge is 0.0470 e. The molecule has 5 aromatic rings. The van der Waals surface area contributed by atoms with Gasteiger partial charge in [-0.25, -0.2) is 0 Å². The summed E-state index contributed by atoms with van der Waals surface area (Å²) in [5.41, 5.74) is 5.09. The molecule has 0 aliphatic carbocycles. The maximum absolute atomic E-state index is 3.79. The number of rotatable bonds is 4. The van der Waals surface area contributed by atoms with Gasteiger partial charge in [-0.2, -0.15) is 0 Å². The summed E-state index contributed by atoms with van der Waals surface area (Å²) < 4.78 is 0. The van der Waals surface area contributed by atoms with Gasteiger partial charge in [0.05, 0.1) is 0 Å². The van der Waals surface area contributed by atoms with Crippen molar-refractivity contribution in [3.8, 4) is 0 Å². The van der Waals surface area contributed by atoms with E-state index in [2.05, 4.69) is 118 Å². The Morgan fingerprint density at radius 2 is 0.968 bits per heavy atom. The first-order valence-electron chi connectivity index (χ1n) is 11.3. The topological polar surface area (TPSA) is 12.0 Å². The van der Waals surface area contributed by atoms with Crippen LogP contribution in [0.2, 0.25) is 0 Å². The van der Waals surface area contributed by atoms with Crippen molar-refractivity contribution in [3.63, 3.8) is 0 Å². The first kappa shape index (κ1) is 19.6. The van der Waals surface area contributed by atoms with Crippen LogP contribution in [0.25, 0.3) is 32.3 Å². The fourth-order valence-corrected chi connectivity index (χ4v) is 4.63. The molecule has 1 N–H and O–H groups in total. The zero-order valence-corrected chi connectivity index (χ0v) is 18.7. The van der Waals surface area contributed by atoms with Gasteiger partial charge in [-0.3, -0.25) is 0 Å². The largest absolute Gasteiger partial charge is 0.355 e. The van der Waals surface area contributed by atoms with E-state index in [4.69, 9.17) is 0 Å². The van der Waals surface area contributed by atoms with E-state index in [9.17, 15) is 0 Å². The highest BCUT2D eigenvalue weighted by atomic mass is 14.9. The Kier molecular flexibility index (Phi) is 4.90. The molecule has 0 aromatic heterocycles. The lowest BCUT2D eigenvalue weighted by molar-refractivity contribution is 0.834. The minimum atomic E-state index is 0.497. The molecule has 0 atom stereocenters. The molecule has 0 saturated heterocycles. The predicted molar refractivity (Wildman–Crippen MR) is 137 cm³/mol. The third-order valence-electron chi connectivity index (χ3n) is 6.36. The molecule has 0 spiro atoms. The molecule has 0 radical (unpaired) electrons. The Morgan fingerprint density at radius 1 is 0.516 bits per heavy atom. The zero-order chi connectivity index (χ0) is 21.5. The third-order valence-corrected chi connectivity index (χ3v) is 6.36.